The molecule has 0 fully saturated rings. The molecular weight excluding hydrogens is 444 g/mol. The highest BCUT2D eigenvalue weighted by atomic mass is 32.2. The normalized spacial score (nSPS) is 13.4. The van der Waals surface area contributed by atoms with Gasteiger partial charge >= 0.3 is 17.9 Å². The van der Waals surface area contributed by atoms with Crippen LogP contribution in [0.5, 0.6) is 0 Å². The van der Waals surface area contributed by atoms with E-state index >= 15 is 0 Å². The molecule has 1 aromatic carbocycles. The molecule has 1 aromatic rings. The van der Waals surface area contributed by atoms with E-state index in [2.05, 4.69) is 10.6 Å². The number of benzene rings is 1. The number of carbonyl (C=O) groups excluding carboxylic acids is 2. The van der Waals surface area contributed by atoms with Gasteiger partial charge in [-0.05, 0) is 30.5 Å². The van der Waals surface area contributed by atoms with Gasteiger partial charge in [0.15, 0.2) is 0 Å². The van der Waals surface area contributed by atoms with Crippen molar-refractivity contribution >= 4 is 41.5 Å². The molecule has 0 aliphatic heterocycles. The number of hydrogen-bond acceptors (Lipinski definition) is 8. The predicted octanol–water partition coefficient (Wildman–Crippen LogP) is -1.39. The number of carboxylic acid groups (broad SMARTS) is 3. The molecule has 0 radical (unpaired) electrons. The van der Waals surface area contributed by atoms with Gasteiger partial charge in [0.1, 0.15) is 24.7 Å². The highest BCUT2D eigenvalue weighted by Crippen LogP contribution is 2.20. The number of carbonyl (C=O) groups is 5. The smallest absolute Gasteiger partial charge is 0.322 e. The first-order valence-corrected chi connectivity index (χ1v) is 10.5. The molecule has 0 heterocycles. The number of amides is 2. The Kier molecular flexibility index (Phi) is 11.2. The minimum Gasteiger partial charge on any atom is -0.480 e. The van der Waals surface area contributed by atoms with E-state index in [4.69, 9.17) is 26.8 Å². The molecule has 176 valence electrons. The molecule has 0 bridgehead atoms. The number of thioether (sulfide) groups is 1. The lowest BCUT2D eigenvalue weighted by Gasteiger charge is -2.18. The maximum absolute atomic E-state index is 12.3. The maximum Gasteiger partial charge on any atom is 0.322 e. The van der Waals surface area contributed by atoms with Crippen molar-refractivity contribution in [1.29, 1.82) is 0 Å². The Morgan fingerprint density at radius 3 is 2.06 bits per heavy atom. The van der Waals surface area contributed by atoms with E-state index < -0.39 is 54.4 Å². The molecule has 9 N–H and O–H groups in total. The van der Waals surface area contributed by atoms with E-state index in [1.54, 1.807) is 24.3 Å². The second-order valence-electron chi connectivity index (χ2n) is 6.82. The lowest BCUT2D eigenvalue weighted by atomic mass is 10.1. The molecule has 0 aliphatic carbocycles. The average Bonchev–Trinajstić information content (AvgIpc) is 2.73. The third kappa shape index (κ3) is 10.2. The van der Waals surface area contributed by atoms with Crippen LogP contribution in [0.1, 0.15) is 18.4 Å². The van der Waals surface area contributed by atoms with Crippen LogP contribution in [0.15, 0.2) is 29.2 Å². The number of rotatable bonds is 14. The average molecular weight is 471 g/mol. The SMILES string of the molecule is NC(Cc1ccc(SC[C@H](NC(=O)CC[C@H](N)C(=O)O)C(=O)NCC(=O)O)cc1)C(=O)O. The van der Waals surface area contributed by atoms with E-state index in [1.807, 2.05) is 0 Å². The third-order valence-corrected chi connectivity index (χ3v) is 5.28. The molecular formula is C19H26N4O8S. The molecule has 3 atom stereocenters. The molecule has 13 heteroatoms. The van der Waals surface area contributed by atoms with Crippen LogP contribution in [-0.2, 0) is 30.4 Å². The minimum absolute atomic E-state index is 0.0656. The fourth-order valence-corrected chi connectivity index (χ4v) is 3.31. The summed E-state index contributed by atoms with van der Waals surface area (Å²) in [7, 11) is 0. The molecule has 32 heavy (non-hydrogen) atoms. The van der Waals surface area contributed by atoms with E-state index in [0.29, 0.717) is 5.56 Å². The van der Waals surface area contributed by atoms with Crippen LogP contribution in [-0.4, -0.2) is 75.5 Å². The first-order chi connectivity index (χ1) is 15.0. The Morgan fingerprint density at radius 1 is 0.938 bits per heavy atom. The second-order valence-corrected chi connectivity index (χ2v) is 7.91. The van der Waals surface area contributed by atoms with Gasteiger partial charge < -0.3 is 37.4 Å². The third-order valence-electron chi connectivity index (χ3n) is 4.18. The first-order valence-electron chi connectivity index (χ1n) is 9.47. The molecule has 0 aromatic heterocycles. The van der Waals surface area contributed by atoms with Crippen molar-refractivity contribution in [2.45, 2.75) is 42.3 Å². The van der Waals surface area contributed by atoms with E-state index in [-0.39, 0.29) is 25.0 Å². The quantitative estimate of drug-likeness (QED) is 0.157. The fourth-order valence-electron chi connectivity index (χ4n) is 2.39. The van der Waals surface area contributed by atoms with E-state index in [1.165, 1.54) is 11.8 Å². The molecule has 1 unspecified atom stereocenters. The molecule has 1 rings (SSSR count). The largest absolute Gasteiger partial charge is 0.480 e. The monoisotopic (exact) mass is 470 g/mol. The highest BCUT2D eigenvalue weighted by Gasteiger charge is 2.23. The zero-order chi connectivity index (χ0) is 24.3. The van der Waals surface area contributed by atoms with Crippen molar-refractivity contribution in [2.75, 3.05) is 12.3 Å². The van der Waals surface area contributed by atoms with Crippen molar-refractivity contribution in [3.8, 4) is 0 Å². The summed E-state index contributed by atoms with van der Waals surface area (Å²) in [6, 6.07) is 3.46. The molecule has 0 saturated heterocycles. The van der Waals surface area contributed by atoms with Gasteiger partial charge in [0, 0.05) is 17.1 Å². The Balaban J connectivity index is 2.73. The molecule has 2 amide bonds. The Labute approximate surface area is 187 Å². The van der Waals surface area contributed by atoms with Crippen LogP contribution in [0.2, 0.25) is 0 Å². The zero-order valence-electron chi connectivity index (χ0n) is 17.0. The van der Waals surface area contributed by atoms with Crippen LogP contribution in [0.4, 0.5) is 0 Å². The van der Waals surface area contributed by atoms with Crippen LogP contribution >= 0.6 is 11.8 Å². The van der Waals surface area contributed by atoms with Gasteiger partial charge in [-0.15, -0.1) is 11.8 Å². The van der Waals surface area contributed by atoms with Crippen molar-refractivity contribution < 1.29 is 39.3 Å². The highest BCUT2D eigenvalue weighted by molar-refractivity contribution is 7.99. The Hall–Kier alpha value is -3.16. The van der Waals surface area contributed by atoms with Gasteiger partial charge in [-0.3, -0.25) is 24.0 Å². The lowest BCUT2D eigenvalue weighted by Crippen LogP contribution is -2.49. The van der Waals surface area contributed by atoms with E-state index in [9.17, 15) is 24.0 Å². The van der Waals surface area contributed by atoms with Crippen molar-refractivity contribution in [2.24, 2.45) is 11.5 Å². The Bertz CT molecular complexity index is 833. The van der Waals surface area contributed by atoms with E-state index in [0.717, 1.165) is 4.90 Å². The van der Waals surface area contributed by atoms with Crippen LogP contribution in [0.3, 0.4) is 0 Å². The number of aliphatic carboxylic acids is 3. The molecule has 0 saturated carbocycles. The Morgan fingerprint density at radius 2 is 1.53 bits per heavy atom. The van der Waals surface area contributed by atoms with Crippen molar-refractivity contribution in [3.63, 3.8) is 0 Å². The summed E-state index contributed by atoms with van der Waals surface area (Å²) in [6.45, 7) is -0.627. The number of nitrogens with two attached hydrogens (primary N) is 2. The molecule has 0 aliphatic rings. The van der Waals surface area contributed by atoms with Crippen molar-refractivity contribution in [3.05, 3.63) is 29.8 Å². The number of hydrogen-bond donors (Lipinski definition) is 7. The minimum atomic E-state index is -1.25. The topological polar surface area (TPSA) is 222 Å². The zero-order valence-corrected chi connectivity index (χ0v) is 17.8. The lowest BCUT2D eigenvalue weighted by molar-refractivity contribution is -0.139. The van der Waals surface area contributed by atoms with Gasteiger partial charge in [0.25, 0.3) is 0 Å². The second kappa shape index (κ2) is 13.3. The van der Waals surface area contributed by atoms with Crippen molar-refractivity contribution in [1.82, 2.24) is 10.6 Å². The number of carboxylic acids is 3. The summed E-state index contributed by atoms with van der Waals surface area (Å²) in [5, 5.41) is 31.0. The van der Waals surface area contributed by atoms with Gasteiger partial charge in [-0.2, -0.15) is 0 Å². The van der Waals surface area contributed by atoms with Gasteiger partial charge in [-0.25, -0.2) is 0 Å². The fraction of sp³-hybridized carbons (Fsp3) is 0.421. The van der Waals surface area contributed by atoms with Gasteiger partial charge in [0.2, 0.25) is 11.8 Å². The van der Waals surface area contributed by atoms with Gasteiger partial charge in [0.05, 0.1) is 0 Å². The van der Waals surface area contributed by atoms with Crippen LogP contribution in [0, 0.1) is 0 Å². The molecule has 0 spiro atoms. The summed E-state index contributed by atoms with van der Waals surface area (Å²) < 4.78 is 0. The molecule has 12 nitrogen and oxygen atoms in total. The summed E-state index contributed by atoms with van der Waals surface area (Å²) >= 11 is 1.21. The van der Waals surface area contributed by atoms with Crippen LogP contribution < -0.4 is 22.1 Å². The standard InChI is InChI=1S/C19H26N4O8S/c20-12(18(28)29)5-6-15(24)23-14(17(27)22-8-16(25)26)9-32-11-3-1-10(2-4-11)7-13(21)19(30)31/h1-4,12-14H,5-9,20-21H2,(H,22,27)(H,23,24)(H,25,26)(H,28,29)(H,30,31)/t12-,13?,14-/m0/s1. The first kappa shape index (κ1) is 26.9. The predicted molar refractivity (Wildman–Crippen MR) is 114 cm³/mol. The summed E-state index contributed by atoms with van der Waals surface area (Å²) in [4.78, 5) is 57.4. The van der Waals surface area contributed by atoms with Gasteiger partial charge in [-0.1, -0.05) is 12.1 Å². The summed E-state index contributed by atoms with van der Waals surface area (Å²) in [5.41, 5.74) is 11.6. The maximum atomic E-state index is 12.3. The van der Waals surface area contributed by atoms with Crippen LogP contribution in [0.25, 0.3) is 0 Å². The number of nitrogens with one attached hydrogen (secondary N) is 2. The summed E-state index contributed by atoms with van der Waals surface area (Å²) in [6.07, 6.45) is -0.202. The summed E-state index contributed by atoms with van der Waals surface area (Å²) in [5.74, 6) is -4.86.